The van der Waals surface area contributed by atoms with Gasteiger partial charge in [0.05, 0.1) is 5.52 Å². The van der Waals surface area contributed by atoms with E-state index in [-0.39, 0.29) is 5.82 Å². The second-order valence-electron chi connectivity index (χ2n) is 7.23. The van der Waals surface area contributed by atoms with E-state index in [0.29, 0.717) is 28.5 Å². The molecule has 1 amide bonds. The van der Waals surface area contributed by atoms with Crippen LogP contribution in [0.15, 0.2) is 36.9 Å². The van der Waals surface area contributed by atoms with Gasteiger partial charge in [0.15, 0.2) is 11.9 Å². The highest BCUT2D eigenvalue weighted by Crippen LogP contribution is 2.49. The Morgan fingerprint density at radius 2 is 2.00 bits per heavy atom. The Kier molecular flexibility index (Phi) is 3.85. The number of nitrogens with zero attached hydrogens (tertiary/aromatic N) is 5. The van der Waals surface area contributed by atoms with Crippen LogP contribution in [-0.4, -0.2) is 42.7 Å². The fourth-order valence-corrected chi connectivity index (χ4v) is 3.47. The Balaban J connectivity index is 1.59. The fraction of sp³-hybridized carbons (Fsp3) is 0.200. The normalized spacial score (nSPS) is 17.2. The molecule has 30 heavy (non-hydrogen) atoms. The molecule has 0 saturated heterocycles. The van der Waals surface area contributed by atoms with Gasteiger partial charge >= 0.3 is 0 Å². The van der Waals surface area contributed by atoms with E-state index in [1.165, 1.54) is 12.5 Å². The highest BCUT2D eigenvalue weighted by molar-refractivity contribution is 5.97. The third kappa shape index (κ3) is 2.88. The van der Waals surface area contributed by atoms with Crippen LogP contribution in [0.3, 0.4) is 0 Å². The number of alkyl halides is 2. The summed E-state index contributed by atoms with van der Waals surface area (Å²) < 4.78 is 27.8. The summed E-state index contributed by atoms with van der Waals surface area (Å²) in [6.07, 6.45) is 4.76. The highest BCUT2D eigenvalue weighted by Gasteiger charge is 2.61. The van der Waals surface area contributed by atoms with Crippen molar-refractivity contribution < 1.29 is 18.4 Å². The van der Waals surface area contributed by atoms with E-state index in [4.69, 9.17) is 0 Å². The summed E-state index contributed by atoms with van der Waals surface area (Å²) in [4.78, 5) is 35.6. The van der Waals surface area contributed by atoms with Crippen molar-refractivity contribution in [1.29, 1.82) is 0 Å². The molecule has 1 N–H and O–H groups in total. The molecule has 8 nitrogen and oxygen atoms in total. The molecule has 0 aromatic carbocycles. The van der Waals surface area contributed by atoms with Crippen LogP contribution in [-0.2, 0) is 4.79 Å². The Morgan fingerprint density at radius 1 is 1.20 bits per heavy atom. The molecule has 0 aliphatic heterocycles. The molecule has 0 unspecified atom stereocenters. The van der Waals surface area contributed by atoms with Crippen LogP contribution in [0, 0.1) is 12.8 Å². The van der Waals surface area contributed by atoms with Gasteiger partial charge in [-0.25, -0.2) is 23.3 Å². The standard InChI is InChI=1S/C20H14F2N6O2/c1-10-2-12(8-29)23-7-14(10)13-3-11-6-24-17(27-19(30)15-5-20(15,21)22)4-16(11)28-18(13)25-9-26-28/h2-4,6-9,15H,5H2,1H3,(H,24,27,30)/t15-/m1/s1. The Hall–Kier alpha value is -3.82. The van der Waals surface area contributed by atoms with Gasteiger partial charge in [-0.2, -0.15) is 5.10 Å². The smallest absolute Gasteiger partial charge is 0.260 e. The zero-order valence-electron chi connectivity index (χ0n) is 15.6. The minimum atomic E-state index is -2.94. The molecule has 0 radical (unpaired) electrons. The second-order valence-corrected chi connectivity index (χ2v) is 7.23. The van der Waals surface area contributed by atoms with Gasteiger partial charge in [-0.15, -0.1) is 0 Å². The molecule has 150 valence electrons. The molecule has 5 rings (SSSR count). The second kappa shape index (κ2) is 6.34. The molecule has 4 aromatic heterocycles. The van der Waals surface area contributed by atoms with E-state index in [1.54, 1.807) is 22.8 Å². The number of hydrogen-bond donors (Lipinski definition) is 1. The van der Waals surface area contributed by atoms with Crippen molar-refractivity contribution in [2.45, 2.75) is 19.3 Å². The van der Waals surface area contributed by atoms with E-state index in [0.717, 1.165) is 16.7 Å². The van der Waals surface area contributed by atoms with Crippen LogP contribution >= 0.6 is 0 Å². The molecule has 1 atom stereocenters. The SMILES string of the molecule is Cc1cc(C=O)ncc1-c1cc2cnc(NC(=O)[C@H]3CC3(F)F)cc2n2ncnc12. The number of fused-ring (bicyclic) bond motifs is 3. The van der Waals surface area contributed by atoms with Gasteiger partial charge in [-0.1, -0.05) is 0 Å². The minimum absolute atomic E-state index is 0.160. The van der Waals surface area contributed by atoms with Crippen molar-refractivity contribution >= 4 is 34.6 Å². The topological polar surface area (TPSA) is 102 Å². The quantitative estimate of drug-likeness (QED) is 0.521. The average molecular weight is 408 g/mol. The number of aryl methyl sites for hydroxylation is 1. The molecule has 1 aliphatic carbocycles. The number of halogens is 2. The number of nitrogens with one attached hydrogen (secondary N) is 1. The number of carbonyl (C=O) groups excluding carboxylic acids is 2. The number of amides is 1. The summed E-state index contributed by atoms with van der Waals surface area (Å²) >= 11 is 0. The first-order valence-electron chi connectivity index (χ1n) is 9.11. The van der Waals surface area contributed by atoms with Crippen molar-refractivity contribution in [2.75, 3.05) is 5.32 Å². The molecule has 1 fully saturated rings. The van der Waals surface area contributed by atoms with Crippen molar-refractivity contribution in [3.05, 3.63) is 48.2 Å². The van der Waals surface area contributed by atoms with Crippen LogP contribution in [0.4, 0.5) is 14.6 Å². The molecule has 0 bridgehead atoms. The number of hydrogen-bond acceptors (Lipinski definition) is 6. The molecule has 4 heterocycles. The molecular formula is C20H14F2N6O2. The maximum atomic E-state index is 13.1. The van der Waals surface area contributed by atoms with Crippen LogP contribution in [0.1, 0.15) is 22.5 Å². The van der Waals surface area contributed by atoms with E-state index >= 15 is 0 Å². The number of carbonyl (C=O) groups is 2. The van der Waals surface area contributed by atoms with Crippen molar-refractivity contribution in [3.8, 4) is 11.1 Å². The van der Waals surface area contributed by atoms with Gasteiger partial charge in [0.1, 0.15) is 23.8 Å². The largest absolute Gasteiger partial charge is 0.310 e. The fourth-order valence-electron chi connectivity index (χ4n) is 3.47. The lowest BCUT2D eigenvalue weighted by Crippen LogP contribution is -2.18. The Morgan fingerprint density at radius 3 is 2.70 bits per heavy atom. The van der Waals surface area contributed by atoms with Gasteiger partial charge in [-0.3, -0.25) is 14.6 Å². The summed E-state index contributed by atoms with van der Waals surface area (Å²) in [5.74, 6) is -4.85. The number of aromatic nitrogens is 5. The van der Waals surface area contributed by atoms with E-state index in [9.17, 15) is 18.4 Å². The lowest BCUT2D eigenvalue weighted by molar-refractivity contribution is -0.119. The van der Waals surface area contributed by atoms with E-state index < -0.39 is 24.2 Å². The van der Waals surface area contributed by atoms with Gasteiger partial charge < -0.3 is 5.32 Å². The molecule has 1 saturated carbocycles. The number of pyridine rings is 3. The first-order chi connectivity index (χ1) is 14.4. The Bertz CT molecular complexity index is 1350. The Labute approximate surface area is 168 Å². The number of aldehydes is 1. The van der Waals surface area contributed by atoms with E-state index in [2.05, 4.69) is 25.4 Å². The molecule has 1 aliphatic rings. The highest BCUT2D eigenvalue weighted by atomic mass is 19.3. The average Bonchev–Trinajstić information content (AvgIpc) is 3.13. The van der Waals surface area contributed by atoms with Gasteiger partial charge in [-0.05, 0) is 24.6 Å². The third-order valence-corrected chi connectivity index (χ3v) is 5.17. The van der Waals surface area contributed by atoms with E-state index in [1.807, 2.05) is 13.0 Å². The molecule has 4 aromatic rings. The van der Waals surface area contributed by atoms with Crippen molar-refractivity contribution in [3.63, 3.8) is 0 Å². The van der Waals surface area contributed by atoms with Crippen molar-refractivity contribution in [2.24, 2.45) is 5.92 Å². The lowest BCUT2D eigenvalue weighted by atomic mass is 10.0. The van der Waals surface area contributed by atoms with Gasteiger partial charge in [0.25, 0.3) is 5.92 Å². The molecule has 0 spiro atoms. The van der Waals surface area contributed by atoms with Crippen LogP contribution in [0.25, 0.3) is 27.7 Å². The van der Waals surface area contributed by atoms with Crippen LogP contribution < -0.4 is 5.32 Å². The van der Waals surface area contributed by atoms with Gasteiger partial charge in [0.2, 0.25) is 5.91 Å². The predicted molar refractivity (Wildman–Crippen MR) is 103 cm³/mol. The lowest BCUT2D eigenvalue weighted by Gasteiger charge is -2.11. The maximum absolute atomic E-state index is 13.1. The maximum Gasteiger partial charge on any atom is 0.260 e. The predicted octanol–water partition coefficient (Wildman–Crippen LogP) is 3.05. The summed E-state index contributed by atoms with van der Waals surface area (Å²) in [6, 6.07) is 5.11. The summed E-state index contributed by atoms with van der Waals surface area (Å²) in [7, 11) is 0. The summed E-state index contributed by atoms with van der Waals surface area (Å²) in [5.41, 5.74) is 3.86. The molecule has 10 heteroatoms. The first-order valence-corrected chi connectivity index (χ1v) is 9.11. The molecular weight excluding hydrogens is 394 g/mol. The number of rotatable bonds is 4. The number of anilines is 1. The summed E-state index contributed by atoms with van der Waals surface area (Å²) in [6.45, 7) is 1.87. The van der Waals surface area contributed by atoms with Crippen LogP contribution in [0.5, 0.6) is 0 Å². The van der Waals surface area contributed by atoms with Crippen LogP contribution in [0.2, 0.25) is 0 Å². The monoisotopic (exact) mass is 408 g/mol. The van der Waals surface area contributed by atoms with Crippen molar-refractivity contribution in [1.82, 2.24) is 24.6 Å². The summed E-state index contributed by atoms with van der Waals surface area (Å²) in [5, 5.41) is 7.40. The third-order valence-electron chi connectivity index (χ3n) is 5.17. The zero-order valence-corrected chi connectivity index (χ0v) is 15.6. The van der Waals surface area contributed by atoms with Gasteiger partial charge in [0, 0.05) is 41.4 Å². The zero-order chi connectivity index (χ0) is 21.0. The minimum Gasteiger partial charge on any atom is -0.310 e. The first kappa shape index (κ1) is 18.2.